The van der Waals surface area contributed by atoms with Gasteiger partial charge in [0.25, 0.3) is 5.91 Å². The molecule has 1 fully saturated rings. The van der Waals surface area contributed by atoms with Crippen molar-refractivity contribution < 1.29 is 24.2 Å². The Labute approximate surface area is 116 Å². The van der Waals surface area contributed by atoms with Crippen molar-refractivity contribution in [1.82, 2.24) is 9.47 Å². The lowest BCUT2D eigenvalue weighted by atomic mass is 10.3. The highest BCUT2D eigenvalue weighted by atomic mass is 16.5. The average molecular weight is 282 g/mol. The Morgan fingerprint density at radius 1 is 1.30 bits per heavy atom. The van der Waals surface area contributed by atoms with Crippen LogP contribution in [0.4, 0.5) is 0 Å². The summed E-state index contributed by atoms with van der Waals surface area (Å²) in [5, 5.41) is 8.83. The standard InChI is InChI=1S/C13H18N2O5/c1-19-10-6-15(7-11(10)20-2)13(18)9-4-3-5-14(9)8-12(16)17/h3-5,10-11H,6-8H2,1-2H3,(H,16,17). The van der Waals surface area contributed by atoms with Crippen molar-refractivity contribution >= 4 is 11.9 Å². The number of ether oxygens (including phenoxy) is 2. The van der Waals surface area contributed by atoms with Crippen LogP contribution in [-0.4, -0.2) is 66.0 Å². The van der Waals surface area contributed by atoms with Gasteiger partial charge in [0.05, 0.1) is 0 Å². The molecule has 2 rings (SSSR count). The Hall–Kier alpha value is -1.86. The van der Waals surface area contributed by atoms with E-state index in [4.69, 9.17) is 14.6 Å². The molecule has 0 aromatic carbocycles. The van der Waals surface area contributed by atoms with Gasteiger partial charge in [-0.05, 0) is 12.1 Å². The maximum atomic E-state index is 12.4. The van der Waals surface area contributed by atoms with Gasteiger partial charge >= 0.3 is 5.97 Å². The van der Waals surface area contributed by atoms with Crippen LogP contribution in [0.1, 0.15) is 10.5 Å². The van der Waals surface area contributed by atoms with Gasteiger partial charge in [-0.3, -0.25) is 9.59 Å². The second-order valence-electron chi connectivity index (χ2n) is 4.67. The van der Waals surface area contributed by atoms with Crippen molar-refractivity contribution in [3.8, 4) is 0 Å². The molecule has 7 heteroatoms. The minimum Gasteiger partial charge on any atom is -0.480 e. The number of methoxy groups -OCH3 is 2. The Morgan fingerprint density at radius 2 is 1.90 bits per heavy atom. The quantitative estimate of drug-likeness (QED) is 0.826. The highest BCUT2D eigenvalue weighted by Crippen LogP contribution is 2.18. The number of hydrogen-bond donors (Lipinski definition) is 1. The average Bonchev–Trinajstić information content (AvgIpc) is 3.03. The van der Waals surface area contributed by atoms with Crippen LogP contribution in [0.25, 0.3) is 0 Å². The molecule has 20 heavy (non-hydrogen) atoms. The van der Waals surface area contributed by atoms with E-state index < -0.39 is 5.97 Å². The molecular weight excluding hydrogens is 264 g/mol. The Morgan fingerprint density at radius 3 is 2.40 bits per heavy atom. The van der Waals surface area contributed by atoms with Crippen molar-refractivity contribution in [3.63, 3.8) is 0 Å². The number of carboxylic acid groups (broad SMARTS) is 1. The van der Waals surface area contributed by atoms with Crippen molar-refractivity contribution in [2.75, 3.05) is 27.3 Å². The van der Waals surface area contributed by atoms with Gasteiger partial charge in [-0.15, -0.1) is 0 Å². The lowest BCUT2D eigenvalue weighted by Gasteiger charge is -2.16. The molecule has 0 aliphatic carbocycles. The lowest BCUT2D eigenvalue weighted by molar-refractivity contribution is -0.137. The van der Waals surface area contributed by atoms with E-state index in [1.807, 2.05) is 0 Å². The first kappa shape index (κ1) is 14.5. The van der Waals surface area contributed by atoms with Crippen LogP contribution >= 0.6 is 0 Å². The van der Waals surface area contributed by atoms with Gasteiger partial charge < -0.3 is 24.0 Å². The summed E-state index contributed by atoms with van der Waals surface area (Å²) in [5.41, 5.74) is 0.360. The molecule has 1 saturated heterocycles. The number of likely N-dealkylation sites (tertiary alicyclic amines) is 1. The topological polar surface area (TPSA) is 81.0 Å². The number of carboxylic acids is 1. The largest absolute Gasteiger partial charge is 0.480 e. The van der Waals surface area contributed by atoms with Crippen LogP contribution < -0.4 is 0 Å². The summed E-state index contributed by atoms with van der Waals surface area (Å²) in [7, 11) is 3.16. The fourth-order valence-electron chi connectivity index (χ4n) is 2.42. The molecule has 2 heterocycles. The first-order valence-corrected chi connectivity index (χ1v) is 6.28. The summed E-state index contributed by atoms with van der Waals surface area (Å²) in [4.78, 5) is 24.8. The van der Waals surface area contributed by atoms with E-state index in [0.717, 1.165) is 0 Å². The molecule has 0 spiro atoms. The lowest BCUT2D eigenvalue weighted by Crippen LogP contribution is -2.32. The van der Waals surface area contributed by atoms with Crippen LogP contribution in [0.15, 0.2) is 18.3 Å². The first-order valence-electron chi connectivity index (χ1n) is 6.28. The summed E-state index contributed by atoms with van der Waals surface area (Å²) in [6.07, 6.45) is 1.26. The van der Waals surface area contributed by atoms with Gasteiger partial charge in [-0.1, -0.05) is 0 Å². The number of hydrogen-bond acceptors (Lipinski definition) is 4. The summed E-state index contributed by atoms with van der Waals surface area (Å²) in [6.45, 7) is 0.640. The predicted molar refractivity (Wildman–Crippen MR) is 69.6 cm³/mol. The predicted octanol–water partition coefficient (Wildman–Crippen LogP) is 0.0585. The van der Waals surface area contributed by atoms with Gasteiger partial charge in [0.2, 0.25) is 0 Å². The summed E-state index contributed by atoms with van der Waals surface area (Å²) < 4.78 is 12.0. The number of carbonyl (C=O) groups excluding carboxylic acids is 1. The molecule has 1 aliphatic rings. The second-order valence-corrected chi connectivity index (χ2v) is 4.67. The maximum Gasteiger partial charge on any atom is 0.323 e. The van der Waals surface area contributed by atoms with E-state index in [-0.39, 0.29) is 24.7 Å². The Balaban J connectivity index is 2.12. The third-order valence-electron chi connectivity index (χ3n) is 3.46. The molecule has 1 amide bonds. The van der Waals surface area contributed by atoms with E-state index in [1.165, 1.54) is 4.57 Å². The fraction of sp³-hybridized carbons (Fsp3) is 0.538. The smallest absolute Gasteiger partial charge is 0.323 e. The number of nitrogens with zero attached hydrogens (tertiary/aromatic N) is 2. The molecular formula is C13H18N2O5. The zero-order chi connectivity index (χ0) is 14.7. The van der Waals surface area contributed by atoms with Crippen molar-refractivity contribution in [3.05, 3.63) is 24.0 Å². The minimum atomic E-state index is -0.985. The normalized spacial score (nSPS) is 22.2. The fourth-order valence-corrected chi connectivity index (χ4v) is 2.42. The van der Waals surface area contributed by atoms with E-state index in [2.05, 4.69) is 0 Å². The number of rotatable bonds is 5. The van der Waals surface area contributed by atoms with E-state index in [9.17, 15) is 9.59 Å². The molecule has 1 aliphatic heterocycles. The van der Waals surface area contributed by atoms with Crippen molar-refractivity contribution in [2.24, 2.45) is 0 Å². The minimum absolute atomic E-state index is 0.160. The van der Waals surface area contributed by atoms with E-state index in [1.54, 1.807) is 37.4 Å². The van der Waals surface area contributed by atoms with E-state index in [0.29, 0.717) is 18.8 Å². The highest BCUT2D eigenvalue weighted by Gasteiger charge is 2.36. The SMILES string of the molecule is COC1CN(C(=O)c2cccn2CC(=O)O)CC1OC. The molecule has 1 aromatic rings. The van der Waals surface area contributed by atoms with E-state index >= 15 is 0 Å². The molecule has 0 radical (unpaired) electrons. The van der Waals surface area contributed by atoms with Crippen molar-refractivity contribution in [1.29, 1.82) is 0 Å². The number of carbonyl (C=O) groups is 2. The Kier molecular flexibility index (Phi) is 4.41. The van der Waals surface area contributed by atoms with Crippen LogP contribution in [0.3, 0.4) is 0 Å². The molecule has 1 aromatic heterocycles. The number of amides is 1. The Bertz CT molecular complexity index is 487. The first-order chi connectivity index (χ1) is 9.56. The second kappa shape index (κ2) is 6.06. The molecule has 0 saturated carbocycles. The van der Waals surface area contributed by atoms with Crippen molar-refractivity contribution in [2.45, 2.75) is 18.8 Å². The molecule has 2 unspecified atom stereocenters. The van der Waals surface area contributed by atoms with Gasteiger partial charge in [-0.2, -0.15) is 0 Å². The molecule has 0 bridgehead atoms. The molecule has 1 N–H and O–H groups in total. The number of aliphatic carboxylic acids is 1. The number of aromatic nitrogens is 1. The third kappa shape index (κ3) is 2.83. The van der Waals surface area contributed by atoms with Gasteiger partial charge in [0.1, 0.15) is 24.4 Å². The zero-order valence-corrected chi connectivity index (χ0v) is 11.5. The van der Waals surface area contributed by atoms with Crippen LogP contribution in [0, 0.1) is 0 Å². The maximum absolute atomic E-state index is 12.4. The highest BCUT2D eigenvalue weighted by molar-refractivity contribution is 5.93. The molecule has 7 nitrogen and oxygen atoms in total. The van der Waals surface area contributed by atoms with Gasteiger partial charge in [-0.25, -0.2) is 0 Å². The van der Waals surface area contributed by atoms with Gasteiger partial charge in [0.15, 0.2) is 0 Å². The molecule has 110 valence electrons. The summed E-state index contributed by atoms with van der Waals surface area (Å²) in [5.74, 6) is -1.20. The zero-order valence-electron chi connectivity index (χ0n) is 11.5. The molecule has 2 atom stereocenters. The summed E-state index contributed by atoms with van der Waals surface area (Å²) >= 11 is 0. The summed E-state index contributed by atoms with van der Waals surface area (Å²) in [6, 6.07) is 3.28. The third-order valence-corrected chi connectivity index (χ3v) is 3.46. The van der Waals surface area contributed by atoms with Crippen LogP contribution in [0.2, 0.25) is 0 Å². The van der Waals surface area contributed by atoms with Crippen LogP contribution in [0.5, 0.6) is 0 Å². The monoisotopic (exact) mass is 282 g/mol. The van der Waals surface area contributed by atoms with Gasteiger partial charge in [0, 0.05) is 33.5 Å². The van der Waals surface area contributed by atoms with Crippen LogP contribution in [-0.2, 0) is 20.8 Å².